The quantitative estimate of drug-likeness (QED) is 0.563. The lowest BCUT2D eigenvalue weighted by atomic mass is 10.1. The molecule has 7 nitrogen and oxygen atoms in total. The smallest absolute Gasteiger partial charge is 0.282 e. The summed E-state index contributed by atoms with van der Waals surface area (Å²) in [7, 11) is 0. The monoisotopic (exact) mass is 354 g/mol. The molecule has 1 amide bonds. The third-order valence-corrected chi connectivity index (χ3v) is 3.90. The molecule has 2 aromatic carbocycles. The molecule has 3 aromatic rings. The Morgan fingerprint density at radius 3 is 2.73 bits per heavy atom. The first-order chi connectivity index (χ1) is 12.5. The molecule has 0 bridgehead atoms. The molecule has 3 rings (SSSR count). The number of para-hydroxylation sites is 1. The van der Waals surface area contributed by atoms with Crippen molar-refractivity contribution in [3.8, 4) is 5.69 Å². The Labute approximate surface area is 148 Å². The van der Waals surface area contributed by atoms with Crippen LogP contribution in [0.25, 0.3) is 5.69 Å². The second kappa shape index (κ2) is 7.14. The van der Waals surface area contributed by atoms with Gasteiger partial charge in [0.05, 0.1) is 10.6 Å². The lowest BCUT2D eigenvalue weighted by molar-refractivity contribution is -0.385. The summed E-state index contributed by atoms with van der Waals surface area (Å²) in [6.45, 7) is 1.81. The predicted molar refractivity (Wildman–Crippen MR) is 92.5 cm³/mol. The highest BCUT2D eigenvalue weighted by Crippen LogP contribution is 2.19. The van der Waals surface area contributed by atoms with Crippen molar-refractivity contribution >= 4 is 11.6 Å². The number of aromatic nitrogens is 2. The molecule has 0 aliphatic heterocycles. The summed E-state index contributed by atoms with van der Waals surface area (Å²) in [6.07, 6.45) is 3.24. The van der Waals surface area contributed by atoms with Crippen LogP contribution < -0.4 is 5.32 Å². The minimum Gasteiger partial charge on any atom is -0.348 e. The number of hydrogen-bond donors (Lipinski definition) is 1. The summed E-state index contributed by atoms with van der Waals surface area (Å²) in [5, 5.41) is 13.6. The average Bonchev–Trinajstić information content (AvgIpc) is 3.05. The molecule has 26 heavy (non-hydrogen) atoms. The number of imidazole rings is 1. The third kappa shape index (κ3) is 3.44. The number of halogens is 1. The zero-order valence-electron chi connectivity index (χ0n) is 13.8. The van der Waals surface area contributed by atoms with Crippen LogP contribution >= 0.6 is 0 Å². The van der Waals surface area contributed by atoms with Crippen LogP contribution in [-0.2, 0) is 6.54 Å². The number of amides is 1. The van der Waals surface area contributed by atoms with Crippen molar-refractivity contribution in [1.29, 1.82) is 0 Å². The SMILES string of the molecule is Cc1nccn1-c1ccc(CNC(=O)c2ccccc2[N+](=O)[O-])cc1F. The summed E-state index contributed by atoms with van der Waals surface area (Å²) in [4.78, 5) is 26.6. The van der Waals surface area contributed by atoms with Gasteiger partial charge in [-0.2, -0.15) is 0 Å². The molecule has 0 atom stereocenters. The second-order valence-corrected chi connectivity index (χ2v) is 5.59. The number of carbonyl (C=O) groups excluding carboxylic acids is 1. The van der Waals surface area contributed by atoms with Crippen molar-refractivity contribution in [3.05, 3.63) is 87.7 Å². The molecule has 1 aromatic heterocycles. The van der Waals surface area contributed by atoms with E-state index in [0.717, 1.165) is 0 Å². The number of nitrogens with one attached hydrogen (secondary N) is 1. The average molecular weight is 354 g/mol. The third-order valence-electron chi connectivity index (χ3n) is 3.90. The van der Waals surface area contributed by atoms with Crippen molar-refractivity contribution in [3.63, 3.8) is 0 Å². The van der Waals surface area contributed by atoms with Gasteiger partial charge in [0.15, 0.2) is 0 Å². The summed E-state index contributed by atoms with van der Waals surface area (Å²) in [5.41, 5.74) is 0.579. The standard InChI is InChI=1S/C18H15FN4O3/c1-12-20-8-9-22(12)17-7-6-13(10-15(17)19)11-21-18(24)14-4-2-3-5-16(14)23(25)26/h2-10H,11H2,1H3,(H,21,24). The van der Waals surface area contributed by atoms with Crippen LogP contribution in [-0.4, -0.2) is 20.4 Å². The van der Waals surface area contributed by atoms with Gasteiger partial charge in [-0.25, -0.2) is 9.37 Å². The van der Waals surface area contributed by atoms with Gasteiger partial charge in [-0.05, 0) is 30.7 Å². The van der Waals surface area contributed by atoms with Crippen LogP contribution in [0, 0.1) is 22.9 Å². The fourth-order valence-corrected chi connectivity index (χ4v) is 2.59. The van der Waals surface area contributed by atoms with Crippen LogP contribution in [0.1, 0.15) is 21.7 Å². The van der Waals surface area contributed by atoms with E-state index in [1.807, 2.05) is 0 Å². The lowest BCUT2D eigenvalue weighted by Crippen LogP contribution is -2.23. The van der Waals surface area contributed by atoms with Gasteiger partial charge in [0.1, 0.15) is 17.2 Å². The molecule has 132 valence electrons. The van der Waals surface area contributed by atoms with Crippen LogP contribution in [0.4, 0.5) is 10.1 Å². The van der Waals surface area contributed by atoms with E-state index in [1.54, 1.807) is 42.1 Å². The topological polar surface area (TPSA) is 90.1 Å². The van der Waals surface area contributed by atoms with Crippen molar-refractivity contribution in [2.75, 3.05) is 0 Å². The molecule has 0 aliphatic carbocycles. The molecular formula is C18H15FN4O3. The maximum atomic E-state index is 14.4. The molecule has 0 saturated carbocycles. The normalized spacial score (nSPS) is 10.5. The van der Waals surface area contributed by atoms with Crippen molar-refractivity contribution in [2.24, 2.45) is 0 Å². The maximum absolute atomic E-state index is 14.4. The maximum Gasteiger partial charge on any atom is 0.282 e. The fourth-order valence-electron chi connectivity index (χ4n) is 2.59. The minimum absolute atomic E-state index is 0.0383. The highest BCUT2D eigenvalue weighted by molar-refractivity contribution is 5.98. The Kier molecular flexibility index (Phi) is 4.74. The first kappa shape index (κ1) is 17.3. The van der Waals surface area contributed by atoms with Crippen LogP contribution in [0.15, 0.2) is 54.9 Å². The van der Waals surface area contributed by atoms with Gasteiger partial charge in [-0.3, -0.25) is 14.9 Å². The van der Waals surface area contributed by atoms with Gasteiger partial charge < -0.3 is 9.88 Å². The van der Waals surface area contributed by atoms with E-state index in [-0.39, 0.29) is 17.8 Å². The van der Waals surface area contributed by atoms with Crippen LogP contribution in [0.2, 0.25) is 0 Å². The molecule has 0 unspecified atom stereocenters. The lowest BCUT2D eigenvalue weighted by Gasteiger charge is -2.10. The fraction of sp³-hybridized carbons (Fsp3) is 0.111. The van der Waals surface area contributed by atoms with E-state index in [9.17, 15) is 19.3 Å². The molecule has 1 N–H and O–H groups in total. The molecule has 0 spiro atoms. The number of nitrogens with zero attached hydrogens (tertiary/aromatic N) is 3. The van der Waals surface area contributed by atoms with Gasteiger partial charge in [0.25, 0.3) is 11.6 Å². The minimum atomic E-state index is -0.614. The van der Waals surface area contributed by atoms with Crippen molar-refractivity contribution in [2.45, 2.75) is 13.5 Å². The van der Waals surface area contributed by atoms with Crippen LogP contribution in [0.5, 0.6) is 0 Å². The number of benzene rings is 2. The molecule has 0 saturated heterocycles. The largest absolute Gasteiger partial charge is 0.348 e. The molecule has 0 fully saturated rings. The highest BCUT2D eigenvalue weighted by Gasteiger charge is 2.19. The molecule has 8 heteroatoms. The van der Waals surface area contributed by atoms with Crippen LogP contribution in [0.3, 0.4) is 0 Å². The Balaban J connectivity index is 1.75. The highest BCUT2D eigenvalue weighted by atomic mass is 19.1. The van der Waals surface area contributed by atoms with E-state index in [1.165, 1.54) is 24.3 Å². The Hall–Kier alpha value is -3.55. The summed E-state index contributed by atoms with van der Waals surface area (Å²) >= 11 is 0. The van der Waals surface area contributed by atoms with Gasteiger partial charge in [0.2, 0.25) is 0 Å². The van der Waals surface area contributed by atoms with E-state index in [4.69, 9.17) is 0 Å². The Bertz CT molecular complexity index is 984. The molecule has 0 aliphatic rings. The van der Waals surface area contributed by atoms with Gasteiger partial charge in [-0.15, -0.1) is 0 Å². The number of carbonyl (C=O) groups is 1. The first-order valence-corrected chi connectivity index (χ1v) is 7.77. The van der Waals surface area contributed by atoms with Crippen molar-refractivity contribution < 1.29 is 14.1 Å². The Morgan fingerprint density at radius 1 is 1.31 bits per heavy atom. The van der Waals surface area contributed by atoms with E-state index >= 15 is 0 Å². The summed E-state index contributed by atoms with van der Waals surface area (Å²) in [5.74, 6) is -0.392. The van der Waals surface area contributed by atoms with E-state index < -0.39 is 16.6 Å². The van der Waals surface area contributed by atoms with Gasteiger partial charge in [0, 0.05) is 25.0 Å². The number of nitro benzene ring substituents is 1. The first-order valence-electron chi connectivity index (χ1n) is 7.77. The number of aryl methyl sites for hydroxylation is 1. The molecule has 1 heterocycles. The Morgan fingerprint density at radius 2 is 2.08 bits per heavy atom. The number of nitro groups is 1. The van der Waals surface area contributed by atoms with Gasteiger partial charge >= 0.3 is 0 Å². The van der Waals surface area contributed by atoms with E-state index in [0.29, 0.717) is 17.1 Å². The summed E-state index contributed by atoms with van der Waals surface area (Å²) in [6, 6.07) is 10.3. The summed E-state index contributed by atoms with van der Waals surface area (Å²) < 4.78 is 16.0. The number of rotatable bonds is 5. The van der Waals surface area contributed by atoms with Crippen molar-refractivity contribution in [1.82, 2.24) is 14.9 Å². The van der Waals surface area contributed by atoms with Gasteiger partial charge in [-0.1, -0.05) is 18.2 Å². The molecular weight excluding hydrogens is 339 g/mol. The molecule has 0 radical (unpaired) electrons. The second-order valence-electron chi connectivity index (χ2n) is 5.59. The zero-order chi connectivity index (χ0) is 18.7. The number of hydrogen-bond acceptors (Lipinski definition) is 4. The predicted octanol–water partition coefficient (Wildman–Crippen LogP) is 3.16. The zero-order valence-corrected chi connectivity index (χ0v) is 13.8. The van der Waals surface area contributed by atoms with E-state index in [2.05, 4.69) is 10.3 Å².